The Kier molecular flexibility index (Phi) is 4.76. The molecule has 0 aliphatic rings. The zero-order valence-corrected chi connectivity index (χ0v) is 12.7. The van der Waals surface area contributed by atoms with Crippen molar-refractivity contribution in [1.82, 2.24) is 15.3 Å². The van der Waals surface area contributed by atoms with Gasteiger partial charge in [-0.1, -0.05) is 30.3 Å². The zero-order valence-electron chi connectivity index (χ0n) is 12.7. The molecule has 0 bridgehead atoms. The van der Waals surface area contributed by atoms with Gasteiger partial charge in [0, 0.05) is 11.3 Å². The van der Waals surface area contributed by atoms with Gasteiger partial charge in [0.25, 0.3) is 0 Å². The number of nitrogens with zero attached hydrogens (tertiary/aromatic N) is 2. The number of carbonyl (C=O) groups excluding carboxylic acids is 1. The molecule has 3 aromatic rings. The van der Waals surface area contributed by atoms with E-state index < -0.39 is 0 Å². The number of aromatic nitrogens is 2. The summed E-state index contributed by atoms with van der Waals surface area (Å²) in [7, 11) is 0. The molecule has 0 radical (unpaired) electrons. The van der Waals surface area contributed by atoms with Crippen molar-refractivity contribution >= 4 is 11.7 Å². The van der Waals surface area contributed by atoms with Crippen molar-refractivity contribution in [3.8, 4) is 11.3 Å². The Hall–Kier alpha value is -3.28. The minimum Gasteiger partial charge on any atom is -0.332 e. The van der Waals surface area contributed by atoms with Gasteiger partial charge in [0.15, 0.2) is 0 Å². The zero-order chi connectivity index (χ0) is 16.8. The van der Waals surface area contributed by atoms with Crippen LogP contribution in [0.2, 0.25) is 0 Å². The number of benzene rings is 2. The number of urea groups is 1. The molecule has 1 aromatic heterocycles. The Morgan fingerprint density at radius 1 is 1.00 bits per heavy atom. The molecule has 0 saturated heterocycles. The highest BCUT2D eigenvalue weighted by atomic mass is 19.1. The van der Waals surface area contributed by atoms with Crippen LogP contribution in [0.1, 0.15) is 5.69 Å². The second-order valence-corrected chi connectivity index (χ2v) is 5.08. The van der Waals surface area contributed by atoms with E-state index in [2.05, 4.69) is 20.6 Å². The van der Waals surface area contributed by atoms with E-state index in [0.29, 0.717) is 11.4 Å². The molecular formula is C18H15FN4O. The van der Waals surface area contributed by atoms with Crippen molar-refractivity contribution in [2.24, 2.45) is 0 Å². The Morgan fingerprint density at radius 3 is 2.50 bits per heavy atom. The first kappa shape index (κ1) is 15.6. The fraction of sp³-hybridized carbons (Fsp3) is 0.0556. The maximum Gasteiger partial charge on any atom is 0.319 e. The van der Waals surface area contributed by atoms with E-state index in [1.54, 1.807) is 0 Å². The maximum atomic E-state index is 12.8. The Balaban J connectivity index is 1.60. The van der Waals surface area contributed by atoms with Gasteiger partial charge in [-0.3, -0.25) is 0 Å². The smallest absolute Gasteiger partial charge is 0.319 e. The number of nitrogens with one attached hydrogen (secondary N) is 2. The molecule has 1 heterocycles. The highest BCUT2D eigenvalue weighted by Crippen LogP contribution is 2.16. The van der Waals surface area contributed by atoms with E-state index >= 15 is 0 Å². The van der Waals surface area contributed by atoms with Crippen molar-refractivity contribution in [2.75, 3.05) is 5.32 Å². The van der Waals surface area contributed by atoms with E-state index in [0.717, 1.165) is 11.3 Å². The van der Waals surface area contributed by atoms with Gasteiger partial charge in [0.05, 0.1) is 17.9 Å². The second kappa shape index (κ2) is 7.32. The van der Waals surface area contributed by atoms with Crippen LogP contribution in [-0.4, -0.2) is 16.0 Å². The third-order valence-electron chi connectivity index (χ3n) is 3.33. The fourth-order valence-corrected chi connectivity index (χ4v) is 2.14. The number of amides is 2. The molecular weight excluding hydrogens is 307 g/mol. The summed E-state index contributed by atoms with van der Waals surface area (Å²) < 4.78 is 12.8. The van der Waals surface area contributed by atoms with Gasteiger partial charge in [-0.2, -0.15) is 0 Å². The molecule has 0 aliphatic heterocycles. The maximum absolute atomic E-state index is 12.8. The molecule has 3 rings (SSSR count). The topological polar surface area (TPSA) is 66.9 Å². The fourth-order valence-electron chi connectivity index (χ4n) is 2.14. The van der Waals surface area contributed by atoms with Gasteiger partial charge in [0.2, 0.25) is 0 Å². The van der Waals surface area contributed by atoms with Crippen molar-refractivity contribution in [3.05, 3.63) is 78.5 Å². The molecule has 0 aliphatic carbocycles. The summed E-state index contributed by atoms with van der Waals surface area (Å²) in [6, 6.07) is 16.7. The van der Waals surface area contributed by atoms with E-state index in [9.17, 15) is 9.18 Å². The van der Waals surface area contributed by atoms with Crippen molar-refractivity contribution in [3.63, 3.8) is 0 Å². The lowest BCUT2D eigenvalue weighted by Crippen LogP contribution is -2.28. The van der Waals surface area contributed by atoms with Crippen LogP contribution in [0, 0.1) is 5.82 Å². The quantitative estimate of drug-likeness (QED) is 0.771. The van der Waals surface area contributed by atoms with Crippen LogP contribution in [0.25, 0.3) is 11.3 Å². The van der Waals surface area contributed by atoms with E-state index in [1.165, 1.54) is 30.6 Å². The number of rotatable bonds is 4. The molecule has 0 fully saturated rings. The summed E-state index contributed by atoms with van der Waals surface area (Å²) in [6.45, 7) is 0.259. The molecule has 24 heavy (non-hydrogen) atoms. The summed E-state index contributed by atoms with van der Waals surface area (Å²) in [5.41, 5.74) is 2.98. The van der Waals surface area contributed by atoms with Crippen LogP contribution in [0.5, 0.6) is 0 Å². The number of halogens is 1. The Morgan fingerprint density at radius 2 is 1.75 bits per heavy atom. The Bertz CT molecular complexity index is 822. The van der Waals surface area contributed by atoms with Crippen LogP contribution in [0.4, 0.5) is 14.9 Å². The first-order chi connectivity index (χ1) is 11.7. The van der Waals surface area contributed by atoms with Crippen molar-refractivity contribution in [1.29, 1.82) is 0 Å². The molecule has 0 unspecified atom stereocenters. The molecule has 0 saturated carbocycles. The predicted octanol–water partition coefficient (Wildman–Crippen LogP) is 3.60. The van der Waals surface area contributed by atoms with Crippen LogP contribution in [-0.2, 0) is 6.54 Å². The number of hydrogen-bond donors (Lipinski definition) is 2. The second-order valence-electron chi connectivity index (χ2n) is 5.08. The van der Waals surface area contributed by atoms with Crippen molar-refractivity contribution in [2.45, 2.75) is 6.54 Å². The number of carbonyl (C=O) groups is 1. The average Bonchev–Trinajstić information content (AvgIpc) is 2.63. The lowest BCUT2D eigenvalue weighted by Gasteiger charge is -2.08. The third-order valence-corrected chi connectivity index (χ3v) is 3.33. The molecule has 0 spiro atoms. The van der Waals surface area contributed by atoms with Crippen LogP contribution >= 0.6 is 0 Å². The monoisotopic (exact) mass is 322 g/mol. The standard InChI is InChI=1S/C18H15FN4O/c19-14-6-8-15(9-7-14)23-18(24)20-11-16-10-17(22-12-21-16)13-4-2-1-3-5-13/h1-10,12H,11H2,(H2,20,23,24). The lowest BCUT2D eigenvalue weighted by atomic mass is 10.1. The minimum atomic E-state index is -0.388. The van der Waals surface area contributed by atoms with Crippen LogP contribution in [0.3, 0.4) is 0 Å². The normalized spacial score (nSPS) is 10.2. The molecule has 6 heteroatoms. The van der Waals surface area contributed by atoms with Gasteiger partial charge in [0.1, 0.15) is 12.1 Å². The van der Waals surface area contributed by atoms with Gasteiger partial charge in [-0.15, -0.1) is 0 Å². The van der Waals surface area contributed by atoms with Gasteiger partial charge in [-0.25, -0.2) is 19.2 Å². The first-order valence-corrected chi connectivity index (χ1v) is 7.37. The highest BCUT2D eigenvalue weighted by Gasteiger charge is 2.05. The molecule has 2 amide bonds. The highest BCUT2D eigenvalue weighted by molar-refractivity contribution is 5.89. The van der Waals surface area contributed by atoms with E-state index in [-0.39, 0.29) is 18.4 Å². The van der Waals surface area contributed by atoms with Crippen molar-refractivity contribution < 1.29 is 9.18 Å². The SMILES string of the molecule is O=C(NCc1cc(-c2ccccc2)ncn1)Nc1ccc(F)cc1. The summed E-state index contributed by atoms with van der Waals surface area (Å²) >= 11 is 0. The van der Waals surface area contributed by atoms with Gasteiger partial charge in [-0.05, 0) is 30.3 Å². The summed E-state index contributed by atoms with van der Waals surface area (Å²) in [5.74, 6) is -0.351. The van der Waals surface area contributed by atoms with Crippen LogP contribution in [0.15, 0.2) is 67.0 Å². The van der Waals surface area contributed by atoms with Gasteiger partial charge >= 0.3 is 6.03 Å². The minimum absolute atomic E-state index is 0.259. The molecule has 2 N–H and O–H groups in total. The number of anilines is 1. The molecule has 0 atom stereocenters. The third kappa shape index (κ3) is 4.13. The van der Waals surface area contributed by atoms with E-state index in [1.807, 2.05) is 36.4 Å². The lowest BCUT2D eigenvalue weighted by molar-refractivity contribution is 0.251. The molecule has 5 nitrogen and oxygen atoms in total. The summed E-state index contributed by atoms with van der Waals surface area (Å²) in [5, 5.41) is 5.33. The summed E-state index contributed by atoms with van der Waals surface area (Å²) in [4.78, 5) is 20.3. The first-order valence-electron chi connectivity index (χ1n) is 7.37. The Labute approximate surface area is 138 Å². The van der Waals surface area contributed by atoms with Crippen LogP contribution < -0.4 is 10.6 Å². The predicted molar refractivity (Wildman–Crippen MR) is 89.7 cm³/mol. The number of hydrogen-bond acceptors (Lipinski definition) is 3. The van der Waals surface area contributed by atoms with E-state index in [4.69, 9.17) is 0 Å². The largest absolute Gasteiger partial charge is 0.332 e. The summed E-state index contributed by atoms with van der Waals surface area (Å²) in [6.07, 6.45) is 1.47. The molecule has 2 aromatic carbocycles. The average molecular weight is 322 g/mol. The molecule has 120 valence electrons. The van der Waals surface area contributed by atoms with Gasteiger partial charge < -0.3 is 10.6 Å².